The zero-order chi connectivity index (χ0) is 49.3. The van der Waals surface area contributed by atoms with Gasteiger partial charge in [0.1, 0.15) is 0 Å². The van der Waals surface area contributed by atoms with Crippen LogP contribution in [-0.2, 0) is 17.9 Å². The second kappa shape index (κ2) is 22.6. The van der Waals surface area contributed by atoms with Crippen molar-refractivity contribution in [3.05, 3.63) is 133 Å². The number of carbonyl (C=O) groups is 1. The Hall–Kier alpha value is -7.39. The number of hydrogen-bond donors (Lipinski definition) is 6. The summed E-state index contributed by atoms with van der Waals surface area (Å²) in [6.45, 7) is 11.4. The molecule has 10 rings (SSSR count). The van der Waals surface area contributed by atoms with E-state index in [0.717, 1.165) is 85.3 Å². The van der Waals surface area contributed by atoms with Gasteiger partial charge in [-0.1, -0.05) is 109 Å². The van der Waals surface area contributed by atoms with Gasteiger partial charge >= 0.3 is 0 Å². The summed E-state index contributed by atoms with van der Waals surface area (Å²) in [5.74, 6) is 2.78. The van der Waals surface area contributed by atoms with E-state index in [1.807, 2.05) is 24.8 Å². The van der Waals surface area contributed by atoms with Gasteiger partial charge in [0, 0.05) is 56.3 Å². The smallest absolute Gasteiger partial charge is 0.227 e. The number of anilines is 4. The highest BCUT2D eigenvalue weighted by atomic mass is 16.1. The van der Waals surface area contributed by atoms with Gasteiger partial charge in [-0.2, -0.15) is 19.9 Å². The van der Waals surface area contributed by atoms with Crippen LogP contribution < -0.4 is 32.3 Å². The quantitative estimate of drug-likeness (QED) is 0.0571. The van der Waals surface area contributed by atoms with Gasteiger partial charge in [-0.05, 0) is 112 Å². The lowest BCUT2D eigenvalue weighted by molar-refractivity contribution is -0.119. The zero-order valence-corrected chi connectivity index (χ0v) is 41.6. The molecule has 0 atom stereocenters. The fourth-order valence-corrected chi connectivity index (χ4v) is 9.53. The Morgan fingerprint density at radius 1 is 0.535 bits per heavy atom. The monoisotopic (exact) mass is 953 g/mol. The van der Waals surface area contributed by atoms with Crippen LogP contribution in [0.25, 0.3) is 44.6 Å². The van der Waals surface area contributed by atoms with Crippen LogP contribution in [-0.4, -0.2) is 69.1 Å². The normalized spacial score (nSPS) is 18.0. The molecular formula is C56H68N14O. The summed E-state index contributed by atoms with van der Waals surface area (Å²) < 4.78 is 4.18. The molecule has 4 aromatic heterocycles. The summed E-state index contributed by atoms with van der Waals surface area (Å²) >= 11 is 0. The lowest BCUT2D eigenvalue weighted by atomic mass is 9.91. The highest BCUT2D eigenvalue weighted by Crippen LogP contribution is 2.29. The number of imidazole rings is 2. The number of carbonyl (C=O) groups excluding carboxylic acids is 1. The standard InChI is InChI=1S/C29H35N7O.C27H33N7/c1-19(2)36-18-31-26-27(30-17-21-9-11-23(12-10-21)22-7-5-4-6-8-22)34-29(35-28(26)36)33-25-15-13-24(14-16-25)32-20(3)37;1-18(2)34-17-30-24-25(32-27(33-26(24)34)31-23-14-12-22(28)13-15-23)29-16-19-8-10-21(11-9-19)20-6-4-3-5-7-20/h4-12,18-19,24-25H,13-17H2,1-3H3,(H,32,37)(H2,30,33,34,35);3-11,17-18,22-23H,12-16,28H2,1-2H3,(H2,29,31,32,33). The average Bonchev–Trinajstić information content (AvgIpc) is 4.03. The van der Waals surface area contributed by atoms with Crippen LogP contribution in [0.15, 0.2) is 122 Å². The molecule has 15 nitrogen and oxygen atoms in total. The van der Waals surface area contributed by atoms with E-state index in [2.05, 4.69) is 170 Å². The van der Waals surface area contributed by atoms with Gasteiger partial charge in [-0.3, -0.25) is 4.79 Å². The first-order valence-electron chi connectivity index (χ1n) is 25.3. The summed E-state index contributed by atoms with van der Waals surface area (Å²) in [7, 11) is 0. The van der Waals surface area contributed by atoms with Crippen molar-refractivity contribution in [1.29, 1.82) is 0 Å². The number of aromatic nitrogens is 8. The Balaban J connectivity index is 0.000000176. The number of benzene rings is 4. The molecular weight excluding hydrogens is 885 g/mol. The van der Waals surface area contributed by atoms with Gasteiger partial charge in [0.25, 0.3) is 0 Å². The van der Waals surface area contributed by atoms with E-state index < -0.39 is 0 Å². The molecule has 368 valence electrons. The second-order valence-corrected chi connectivity index (χ2v) is 19.6. The van der Waals surface area contributed by atoms with E-state index in [1.54, 1.807) is 6.92 Å². The molecule has 8 aromatic rings. The first-order chi connectivity index (χ1) is 34.5. The molecule has 0 spiro atoms. The maximum atomic E-state index is 11.4. The number of rotatable bonds is 15. The largest absolute Gasteiger partial charge is 0.364 e. The number of nitrogens with one attached hydrogen (secondary N) is 5. The van der Waals surface area contributed by atoms with Gasteiger partial charge in [0.15, 0.2) is 34.0 Å². The molecule has 2 aliphatic rings. The summed E-state index contributed by atoms with van der Waals surface area (Å²) in [4.78, 5) is 40.0. The van der Waals surface area contributed by atoms with Crippen molar-refractivity contribution in [1.82, 2.24) is 44.4 Å². The summed E-state index contributed by atoms with van der Waals surface area (Å²) in [6, 6.07) is 39.8. The van der Waals surface area contributed by atoms with Crippen molar-refractivity contribution in [2.45, 2.75) is 135 Å². The van der Waals surface area contributed by atoms with Gasteiger partial charge in [0.05, 0.1) is 12.7 Å². The Kier molecular flexibility index (Phi) is 15.5. The van der Waals surface area contributed by atoms with Crippen molar-refractivity contribution in [2.75, 3.05) is 21.3 Å². The van der Waals surface area contributed by atoms with Crippen LogP contribution in [0.3, 0.4) is 0 Å². The molecule has 2 aliphatic carbocycles. The SMILES string of the molecule is CC(=O)NC1CCC(Nc2nc(NCc3ccc(-c4ccccc4)cc3)c3ncn(C(C)C)c3n2)CC1.CC(C)n1cnc2c(NCc3ccc(-c4ccccc4)cc3)nc(NC3CCC(N)CC3)nc21. The molecule has 2 saturated carbocycles. The second-order valence-electron chi connectivity index (χ2n) is 19.6. The topological polar surface area (TPSA) is 190 Å². The summed E-state index contributed by atoms with van der Waals surface area (Å²) in [5, 5.41) is 17.2. The zero-order valence-electron chi connectivity index (χ0n) is 41.6. The summed E-state index contributed by atoms with van der Waals surface area (Å²) in [6.07, 6.45) is 11.7. The molecule has 15 heteroatoms. The third kappa shape index (κ3) is 12.3. The van der Waals surface area contributed by atoms with Crippen LogP contribution >= 0.6 is 0 Å². The predicted octanol–water partition coefficient (Wildman–Crippen LogP) is 10.9. The van der Waals surface area contributed by atoms with Gasteiger partial charge in [0.2, 0.25) is 17.8 Å². The molecule has 0 aliphatic heterocycles. The highest BCUT2D eigenvalue weighted by molar-refractivity contribution is 5.85. The third-order valence-electron chi connectivity index (χ3n) is 13.6. The minimum absolute atomic E-state index is 0.0394. The Morgan fingerprint density at radius 2 is 0.915 bits per heavy atom. The van der Waals surface area contributed by atoms with Gasteiger partial charge < -0.3 is 41.5 Å². The number of amides is 1. The fourth-order valence-electron chi connectivity index (χ4n) is 9.53. The van der Waals surface area contributed by atoms with Crippen LogP contribution in [0.1, 0.15) is 109 Å². The number of hydrogen-bond acceptors (Lipinski definition) is 12. The van der Waals surface area contributed by atoms with Crippen LogP contribution in [0.2, 0.25) is 0 Å². The molecule has 0 bridgehead atoms. The average molecular weight is 953 g/mol. The maximum absolute atomic E-state index is 11.4. The Bertz CT molecular complexity index is 2970. The van der Waals surface area contributed by atoms with Crippen molar-refractivity contribution in [3.63, 3.8) is 0 Å². The minimum Gasteiger partial charge on any atom is -0.364 e. The van der Waals surface area contributed by atoms with Crippen LogP contribution in [0.5, 0.6) is 0 Å². The van der Waals surface area contributed by atoms with Crippen LogP contribution in [0.4, 0.5) is 23.5 Å². The molecule has 4 aromatic carbocycles. The Morgan fingerprint density at radius 3 is 1.31 bits per heavy atom. The van der Waals surface area contributed by atoms with E-state index in [0.29, 0.717) is 37.1 Å². The molecule has 0 unspecified atom stereocenters. The lowest BCUT2D eigenvalue weighted by Gasteiger charge is -2.29. The molecule has 7 N–H and O–H groups in total. The number of nitrogens with two attached hydrogens (primary N) is 1. The molecule has 2 fully saturated rings. The highest BCUT2D eigenvalue weighted by Gasteiger charge is 2.24. The molecule has 1 amide bonds. The van der Waals surface area contributed by atoms with E-state index in [9.17, 15) is 4.79 Å². The Labute approximate surface area is 417 Å². The van der Waals surface area contributed by atoms with Crippen molar-refractivity contribution in [3.8, 4) is 22.3 Å². The summed E-state index contributed by atoms with van der Waals surface area (Å²) in [5.41, 5.74) is 16.5. The van der Waals surface area contributed by atoms with E-state index in [1.165, 1.54) is 33.4 Å². The van der Waals surface area contributed by atoms with Gasteiger partial charge in [-0.15, -0.1) is 0 Å². The lowest BCUT2D eigenvalue weighted by Crippen LogP contribution is -2.39. The van der Waals surface area contributed by atoms with Gasteiger partial charge in [-0.25, -0.2) is 9.97 Å². The predicted molar refractivity (Wildman–Crippen MR) is 287 cm³/mol. The van der Waals surface area contributed by atoms with E-state index in [4.69, 9.17) is 25.7 Å². The van der Waals surface area contributed by atoms with Crippen LogP contribution in [0, 0.1) is 0 Å². The van der Waals surface area contributed by atoms with E-state index >= 15 is 0 Å². The van der Waals surface area contributed by atoms with Crippen molar-refractivity contribution < 1.29 is 4.79 Å². The first kappa shape index (κ1) is 48.6. The number of nitrogens with zero attached hydrogens (tertiary/aromatic N) is 8. The fraction of sp³-hybridized carbons (Fsp3) is 0.375. The van der Waals surface area contributed by atoms with Crippen molar-refractivity contribution >= 4 is 51.8 Å². The van der Waals surface area contributed by atoms with Crippen molar-refractivity contribution in [2.24, 2.45) is 5.73 Å². The first-order valence-corrected chi connectivity index (χ1v) is 25.3. The third-order valence-corrected chi connectivity index (χ3v) is 13.6. The molecule has 71 heavy (non-hydrogen) atoms. The number of fused-ring (bicyclic) bond motifs is 2. The minimum atomic E-state index is 0.0394. The molecule has 0 saturated heterocycles. The maximum Gasteiger partial charge on any atom is 0.227 e. The molecule has 0 radical (unpaired) electrons. The molecule has 4 heterocycles. The van der Waals surface area contributed by atoms with E-state index in [-0.39, 0.29) is 30.1 Å².